The summed E-state index contributed by atoms with van der Waals surface area (Å²) >= 11 is 0. The van der Waals surface area contributed by atoms with E-state index in [0.717, 1.165) is 0 Å². The van der Waals surface area contributed by atoms with Crippen molar-refractivity contribution in [1.82, 2.24) is 5.32 Å². The normalized spacial score (nSPS) is 13.6. The molecule has 2 atom stereocenters. The number of hydrogen-bond donors (Lipinski definition) is 1. The van der Waals surface area contributed by atoms with E-state index in [4.69, 9.17) is 0 Å². The Labute approximate surface area is 101 Å². The Morgan fingerprint density at radius 3 is 2.29 bits per heavy atom. The number of amides is 1. The van der Waals surface area contributed by atoms with Crippen molar-refractivity contribution in [3.05, 3.63) is 35.9 Å². The summed E-state index contributed by atoms with van der Waals surface area (Å²) in [6.07, 6.45) is 0. The molecular formula is C13H17NO3. The number of esters is 1. The predicted molar refractivity (Wildman–Crippen MR) is 64.6 cm³/mol. The van der Waals surface area contributed by atoms with Crippen molar-refractivity contribution in [3.8, 4) is 0 Å². The molecule has 0 spiro atoms. The van der Waals surface area contributed by atoms with E-state index in [1.165, 1.54) is 7.11 Å². The summed E-state index contributed by atoms with van der Waals surface area (Å²) in [5.74, 6) is -0.882. The lowest BCUT2D eigenvalue weighted by Gasteiger charge is -2.19. The van der Waals surface area contributed by atoms with Gasteiger partial charge in [-0.05, 0) is 26.0 Å². The van der Waals surface area contributed by atoms with Crippen LogP contribution in [0.4, 0.5) is 0 Å². The number of ether oxygens (including phenoxy) is 1. The number of benzene rings is 1. The summed E-state index contributed by atoms with van der Waals surface area (Å²) < 4.78 is 4.63. The van der Waals surface area contributed by atoms with Crippen molar-refractivity contribution in [3.63, 3.8) is 0 Å². The zero-order chi connectivity index (χ0) is 12.8. The highest BCUT2D eigenvalue weighted by atomic mass is 16.5. The van der Waals surface area contributed by atoms with Gasteiger partial charge in [0.05, 0.1) is 13.0 Å². The fourth-order valence-electron chi connectivity index (χ4n) is 1.39. The third-order valence-electron chi connectivity index (χ3n) is 2.72. The Balaban J connectivity index is 2.60. The van der Waals surface area contributed by atoms with E-state index in [9.17, 15) is 9.59 Å². The van der Waals surface area contributed by atoms with Crippen LogP contribution in [0.15, 0.2) is 30.3 Å². The first-order valence-corrected chi connectivity index (χ1v) is 5.50. The zero-order valence-electron chi connectivity index (χ0n) is 10.3. The third kappa shape index (κ3) is 3.59. The molecule has 0 heterocycles. The smallest absolute Gasteiger partial charge is 0.310 e. The van der Waals surface area contributed by atoms with E-state index in [2.05, 4.69) is 10.1 Å². The Morgan fingerprint density at radius 1 is 1.18 bits per heavy atom. The van der Waals surface area contributed by atoms with E-state index in [-0.39, 0.29) is 23.8 Å². The van der Waals surface area contributed by atoms with Crippen LogP contribution >= 0.6 is 0 Å². The number of carbonyl (C=O) groups is 2. The van der Waals surface area contributed by atoms with Gasteiger partial charge in [-0.1, -0.05) is 18.2 Å². The SMILES string of the molecule is COC(=O)[C@H](C)[C@@H](C)NC(=O)c1ccccc1. The van der Waals surface area contributed by atoms with Gasteiger partial charge in [0.2, 0.25) is 0 Å². The molecule has 1 amide bonds. The lowest BCUT2D eigenvalue weighted by molar-refractivity contribution is -0.145. The average molecular weight is 235 g/mol. The van der Waals surface area contributed by atoms with E-state index in [1.807, 2.05) is 6.07 Å². The summed E-state index contributed by atoms with van der Waals surface area (Å²) in [7, 11) is 1.34. The molecule has 4 heteroatoms. The molecule has 17 heavy (non-hydrogen) atoms. The molecule has 0 fully saturated rings. The Hall–Kier alpha value is -1.84. The van der Waals surface area contributed by atoms with Crippen LogP contribution in [0.3, 0.4) is 0 Å². The Morgan fingerprint density at radius 2 is 1.76 bits per heavy atom. The summed E-state index contributed by atoms with van der Waals surface area (Å²) in [4.78, 5) is 23.1. The summed E-state index contributed by atoms with van der Waals surface area (Å²) in [6, 6.07) is 8.62. The zero-order valence-corrected chi connectivity index (χ0v) is 10.3. The second-order valence-corrected chi connectivity index (χ2v) is 3.94. The van der Waals surface area contributed by atoms with Crippen molar-refractivity contribution in [2.75, 3.05) is 7.11 Å². The first kappa shape index (κ1) is 13.2. The van der Waals surface area contributed by atoms with Crippen molar-refractivity contribution < 1.29 is 14.3 Å². The van der Waals surface area contributed by atoms with Crippen LogP contribution in [-0.4, -0.2) is 25.0 Å². The summed E-state index contributed by atoms with van der Waals surface area (Å²) in [5, 5.41) is 2.77. The van der Waals surface area contributed by atoms with Crippen molar-refractivity contribution >= 4 is 11.9 Å². The van der Waals surface area contributed by atoms with E-state index in [1.54, 1.807) is 38.1 Å². The van der Waals surface area contributed by atoms with Gasteiger partial charge in [-0.15, -0.1) is 0 Å². The van der Waals surface area contributed by atoms with Gasteiger partial charge in [0.25, 0.3) is 5.91 Å². The van der Waals surface area contributed by atoms with Gasteiger partial charge >= 0.3 is 5.97 Å². The highest BCUT2D eigenvalue weighted by Crippen LogP contribution is 2.06. The molecule has 1 rings (SSSR count). The Bertz CT molecular complexity index is 389. The molecule has 0 aliphatic rings. The Kier molecular flexibility index (Phi) is 4.69. The minimum absolute atomic E-state index is 0.186. The minimum Gasteiger partial charge on any atom is -0.469 e. The molecule has 1 aromatic rings. The quantitative estimate of drug-likeness (QED) is 0.807. The second kappa shape index (κ2) is 6.03. The fraction of sp³-hybridized carbons (Fsp3) is 0.385. The molecule has 0 saturated carbocycles. The fourth-order valence-corrected chi connectivity index (χ4v) is 1.39. The maximum Gasteiger partial charge on any atom is 0.310 e. The highest BCUT2D eigenvalue weighted by molar-refractivity contribution is 5.94. The van der Waals surface area contributed by atoms with Crippen LogP contribution in [0, 0.1) is 5.92 Å². The van der Waals surface area contributed by atoms with E-state index in [0.29, 0.717) is 5.56 Å². The third-order valence-corrected chi connectivity index (χ3v) is 2.72. The van der Waals surface area contributed by atoms with Gasteiger partial charge in [0, 0.05) is 11.6 Å². The predicted octanol–water partition coefficient (Wildman–Crippen LogP) is 1.61. The van der Waals surface area contributed by atoms with Crippen LogP contribution in [0.2, 0.25) is 0 Å². The molecule has 0 saturated heterocycles. The maximum absolute atomic E-state index is 11.8. The lowest BCUT2D eigenvalue weighted by atomic mass is 10.0. The number of methoxy groups -OCH3 is 1. The number of rotatable bonds is 4. The minimum atomic E-state index is -0.368. The van der Waals surface area contributed by atoms with E-state index >= 15 is 0 Å². The first-order chi connectivity index (χ1) is 8.06. The molecule has 0 unspecified atom stereocenters. The molecule has 1 N–H and O–H groups in total. The van der Waals surface area contributed by atoms with Crippen LogP contribution in [-0.2, 0) is 9.53 Å². The maximum atomic E-state index is 11.8. The molecule has 1 aromatic carbocycles. The van der Waals surface area contributed by atoms with Crippen molar-refractivity contribution in [2.24, 2.45) is 5.92 Å². The number of carbonyl (C=O) groups excluding carboxylic acids is 2. The van der Waals surface area contributed by atoms with Crippen molar-refractivity contribution in [1.29, 1.82) is 0 Å². The molecule has 0 aliphatic carbocycles. The van der Waals surface area contributed by atoms with Crippen LogP contribution in [0.5, 0.6) is 0 Å². The van der Waals surface area contributed by atoms with Crippen LogP contribution in [0.1, 0.15) is 24.2 Å². The first-order valence-electron chi connectivity index (χ1n) is 5.50. The van der Waals surface area contributed by atoms with Gasteiger partial charge in [-0.3, -0.25) is 9.59 Å². The largest absolute Gasteiger partial charge is 0.469 e. The van der Waals surface area contributed by atoms with E-state index < -0.39 is 0 Å². The average Bonchev–Trinajstić information content (AvgIpc) is 2.37. The molecule has 0 radical (unpaired) electrons. The van der Waals surface area contributed by atoms with Gasteiger partial charge in [-0.2, -0.15) is 0 Å². The molecular weight excluding hydrogens is 218 g/mol. The molecule has 0 aromatic heterocycles. The molecule has 92 valence electrons. The van der Waals surface area contributed by atoms with Gasteiger partial charge < -0.3 is 10.1 Å². The monoisotopic (exact) mass is 235 g/mol. The van der Waals surface area contributed by atoms with Gasteiger partial charge in [0.15, 0.2) is 0 Å². The molecule has 0 aliphatic heterocycles. The standard InChI is InChI=1S/C13H17NO3/c1-9(13(16)17-3)10(2)14-12(15)11-7-5-4-6-8-11/h4-10H,1-3H3,(H,14,15)/t9-,10-/m1/s1. The highest BCUT2D eigenvalue weighted by Gasteiger charge is 2.22. The lowest BCUT2D eigenvalue weighted by Crippen LogP contribution is -2.40. The second-order valence-electron chi connectivity index (χ2n) is 3.94. The topological polar surface area (TPSA) is 55.4 Å². The molecule has 4 nitrogen and oxygen atoms in total. The number of nitrogens with one attached hydrogen (secondary N) is 1. The van der Waals surface area contributed by atoms with Gasteiger partial charge in [-0.25, -0.2) is 0 Å². The van der Waals surface area contributed by atoms with Crippen LogP contribution in [0.25, 0.3) is 0 Å². The van der Waals surface area contributed by atoms with Crippen molar-refractivity contribution in [2.45, 2.75) is 19.9 Å². The van der Waals surface area contributed by atoms with Gasteiger partial charge in [0.1, 0.15) is 0 Å². The summed E-state index contributed by atoms with van der Waals surface area (Å²) in [6.45, 7) is 3.50. The molecule has 0 bridgehead atoms. The summed E-state index contributed by atoms with van der Waals surface area (Å²) in [5.41, 5.74) is 0.580. The van der Waals surface area contributed by atoms with Crippen LogP contribution < -0.4 is 5.32 Å². The number of hydrogen-bond acceptors (Lipinski definition) is 3.